The Bertz CT molecular complexity index is 956. The summed E-state index contributed by atoms with van der Waals surface area (Å²) >= 11 is 0. The summed E-state index contributed by atoms with van der Waals surface area (Å²) in [6.45, 7) is 0. The van der Waals surface area contributed by atoms with Gasteiger partial charge in [0.05, 0.1) is 11.5 Å². The minimum Gasteiger partial charge on any atom is -0.387 e. The second-order valence-corrected chi connectivity index (χ2v) is 7.94. The summed E-state index contributed by atoms with van der Waals surface area (Å²) in [6, 6.07) is 0. The second kappa shape index (κ2) is 5.71. The SMILES string of the molecule is CN1N=C(N)c2cn([C@@H]3O[C@H](CP(=O)(O)O)[C@@H](O)[C@H]3O)c3ncnc1c23. The average molecular weight is 384 g/mol. The first kappa shape index (κ1) is 17.3. The highest BCUT2D eigenvalue weighted by Gasteiger charge is 2.46. The standard InChI is InChI=1S/C13H17N6O6P/c1-18-11-7-5(10(14)17-18)2-19(12(7)16-4-15-11)13-9(21)8(20)6(25-13)3-26(22,23)24/h2,4,6,8-9,13,20-21H,3H2,1H3,(H2,14,17)(H2,22,23,24)/t6-,8-,9-,13-/m1/s1. The Labute approximate surface area is 146 Å². The zero-order valence-corrected chi connectivity index (χ0v) is 14.4. The molecule has 2 aliphatic heterocycles. The molecule has 0 aliphatic carbocycles. The summed E-state index contributed by atoms with van der Waals surface area (Å²) in [5, 5.41) is 26.7. The van der Waals surface area contributed by atoms with Gasteiger partial charge in [-0.15, -0.1) is 0 Å². The lowest BCUT2D eigenvalue weighted by Crippen LogP contribution is -2.33. The van der Waals surface area contributed by atoms with Crippen molar-refractivity contribution in [2.24, 2.45) is 10.8 Å². The number of nitrogens with two attached hydrogens (primary N) is 1. The van der Waals surface area contributed by atoms with E-state index in [4.69, 9.17) is 20.3 Å². The fourth-order valence-corrected chi connectivity index (χ4v) is 4.08. The van der Waals surface area contributed by atoms with Crippen LogP contribution in [0.5, 0.6) is 0 Å². The monoisotopic (exact) mass is 384 g/mol. The minimum absolute atomic E-state index is 0.221. The number of hydrogen-bond acceptors (Lipinski definition) is 9. The largest absolute Gasteiger partial charge is 0.387 e. The summed E-state index contributed by atoms with van der Waals surface area (Å²) in [7, 11) is -2.76. The molecule has 26 heavy (non-hydrogen) atoms. The molecule has 2 aromatic heterocycles. The van der Waals surface area contributed by atoms with Crippen molar-refractivity contribution in [3.63, 3.8) is 0 Å². The Balaban J connectivity index is 1.79. The van der Waals surface area contributed by atoms with Crippen molar-refractivity contribution in [1.29, 1.82) is 0 Å². The van der Waals surface area contributed by atoms with Crippen molar-refractivity contribution in [2.75, 3.05) is 18.2 Å². The number of anilines is 1. The van der Waals surface area contributed by atoms with Gasteiger partial charge in [0.25, 0.3) is 0 Å². The van der Waals surface area contributed by atoms with Crippen LogP contribution in [0, 0.1) is 0 Å². The number of hydrazone groups is 1. The molecule has 0 unspecified atom stereocenters. The third-order valence-corrected chi connectivity index (χ3v) is 5.29. The van der Waals surface area contributed by atoms with Gasteiger partial charge in [-0.2, -0.15) is 5.10 Å². The van der Waals surface area contributed by atoms with Gasteiger partial charge in [0.2, 0.25) is 0 Å². The predicted molar refractivity (Wildman–Crippen MR) is 89.5 cm³/mol. The number of nitrogens with zero attached hydrogens (tertiary/aromatic N) is 5. The lowest BCUT2D eigenvalue weighted by molar-refractivity contribution is -0.0296. The molecule has 1 saturated heterocycles. The highest BCUT2D eigenvalue weighted by molar-refractivity contribution is 7.51. The molecule has 0 aromatic carbocycles. The Morgan fingerprint density at radius 2 is 2.04 bits per heavy atom. The molecule has 6 N–H and O–H groups in total. The Kier molecular flexibility index (Phi) is 3.81. The van der Waals surface area contributed by atoms with Crippen molar-refractivity contribution < 1.29 is 29.3 Å². The van der Waals surface area contributed by atoms with E-state index in [0.29, 0.717) is 22.4 Å². The number of aliphatic hydroxyl groups excluding tert-OH is 2. The Hall–Kier alpha value is -2.08. The average Bonchev–Trinajstić information content (AvgIpc) is 3.06. The number of amidine groups is 1. The topological polar surface area (TPSA) is 180 Å². The van der Waals surface area contributed by atoms with Gasteiger partial charge >= 0.3 is 7.60 Å². The Morgan fingerprint density at radius 1 is 1.31 bits per heavy atom. The van der Waals surface area contributed by atoms with Crippen LogP contribution in [0.25, 0.3) is 11.0 Å². The van der Waals surface area contributed by atoms with Gasteiger partial charge in [0.1, 0.15) is 30.3 Å². The molecule has 140 valence electrons. The van der Waals surface area contributed by atoms with Crippen LogP contribution in [0.4, 0.5) is 5.82 Å². The first-order valence-corrected chi connectivity index (χ1v) is 9.47. The molecule has 4 heterocycles. The highest BCUT2D eigenvalue weighted by atomic mass is 31.2. The maximum absolute atomic E-state index is 11.2. The molecule has 0 amide bonds. The number of aliphatic hydroxyl groups is 2. The van der Waals surface area contributed by atoms with E-state index in [0.717, 1.165) is 0 Å². The quantitative estimate of drug-likeness (QED) is 0.383. The van der Waals surface area contributed by atoms with Gasteiger partial charge in [-0.1, -0.05) is 0 Å². The third-order valence-electron chi connectivity index (χ3n) is 4.46. The van der Waals surface area contributed by atoms with E-state index in [1.165, 1.54) is 15.9 Å². The van der Waals surface area contributed by atoms with Crippen LogP contribution < -0.4 is 10.7 Å². The summed E-state index contributed by atoms with van der Waals surface area (Å²) in [4.78, 5) is 26.6. The van der Waals surface area contributed by atoms with E-state index in [-0.39, 0.29) is 5.84 Å². The van der Waals surface area contributed by atoms with Crippen LogP contribution in [0.1, 0.15) is 11.8 Å². The molecule has 0 spiro atoms. The first-order chi connectivity index (χ1) is 12.2. The molecule has 4 atom stereocenters. The molecular formula is C13H17N6O6P. The molecule has 4 rings (SSSR count). The molecule has 0 radical (unpaired) electrons. The van der Waals surface area contributed by atoms with E-state index < -0.39 is 38.3 Å². The number of hydrogen-bond donors (Lipinski definition) is 5. The molecule has 2 aromatic rings. The summed E-state index contributed by atoms with van der Waals surface area (Å²) in [5.74, 6) is 0.733. The maximum Gasteiger partial charge on any atom is 0.328 e. The zero-order valence-electron chi connectivity index (χ0n) is 13.5. The van der Waals surface area contributed by atoms with Crippen LogP contribution >= 0.6 is 7.60 Å². The van der Waals surface area contributed by atoms with Gasteiger partial charge in [-0.3, -0.25) is 4.57 Å². The minimum atomic E-state index is -4.44. The van der Waals surface area contributed by atoms with E-state index >= 15 is 0 Å². The van der Waals surface area contributed by atoms with E-state index in [9.17, 15) is 14.8 Å². The van der Waals surface area contributed by atoms with Crippen LogP contribution in [-0.2, 0) is 9.30 Å². The van der Waals surface area contributed by atoms with Crippen molar-refractivity contribution in [3.05, 3.63) is 18.1 Å². The number of rotatable bonds is 3. The maximum atomic E-state index is 11.2. The molecule has 1 fully saturated rings. The van der Waals surface area contributed by atoms with Crippen molar-refractivity contribution in [3.8, 4) is 0 Å². The summed E-state index contributed by atoms with van der Waals surface area (Å²) in [5.41, 5.74) is 6.89. The number of ether oxygens (including phenoxy) is 1. The van der Waals surface area contributed by atoms with E-state index in [1.807, 2.05) is 0 Å². The van der Waals surface area contributed by atoms with Gasteiger partial charge in [0.15, 0.2) is 17.9 Å². The normalized spacial score (nSPS) is 28.7. The first-order valence-electron chi connectivity index (χ1n) is 7.67. The lowest BCUT2D eigenvalue weighted by atomic mass is 10.1. The van der Waals surface area contributed by atoms with Crippen molar-refractivity contribution in [2.45, 2.75) is 24.5 Å². The summed E-state index contributed by atoms with van der Waals surface area (Å²) < 4.78 is 18.2. The van der Waals surface area contributed by atoms with Gasteiger partial charge in [-0.25, -0.2) is 15.0 Å². The van der Waals surface area contributed by atoms with Crippen LogP contribution in [-0.4, -0.2) is 71.9 Å². The van der Waals surface area contributed by atoms with Gasteiger partial charge < -0.3 is 35.0 Å². The smallest absolute Gasteiger partial charge is 0.328 e. The van der Waals surface area contributed by atoms with E-state index in [1.54, 1.807) is 13.2 Å². The van der Waals surface area contributed by atoms with Crippen LogP contribution in [0.15, 0.2) is 17.6 Å². The molecule has 0 bridgehead atoms. The predicted octanol–water partition coefficient (Wildman–Crippen LogP) is -1.70. The highest BCUT2D eigenvalue weighted by Crippen LogP contribution is 2.42. The van der Waals surface area contributed by atoms with Crippen molar-refractivity contribution >= 4 is 30.3 Å². The molecular weight excluding hydrogens is 367 g/mol. The third kappa shape index (κ3) is 2.58. The van der Waals surface area contributed by atoms with E-state index in [2.05, 4.69) is 15.1 Å². The lowest BCUT2D eigenvalue weighted by Gasteiger charge is -2.19. The Morgan fingerprint density at radius 3 is 2.73 bits per heavy atom. The number of aromatic nitrogens is 3. The van der Waals surface area contributed by atoms with Crippen LogP contribution in [0.3, 0.4) is 0 Å². The van der Waals surface area contributed by atoms with Crippen molar-refractivity contribution in [1.82, 2.24) is 14.5 Å². The van der Waals surface area contributed by atoms with Crippen LogP contribution in [0.2, 0.25) is 0 Å². The fraction of sp³-hybridized carbons (Fsp3) is 0.462. The molecule has 2 aliphatic rings. The fourth-order valence-electron chi connectivity index (χ4n) is 3.31. The van der Waals surface area contributed by atoms with Gasteiger partial charge in [-0.05, 0) is 0 Å². The molecule has 0 saturated carbocycles. The molecule has 12 nitrogen and oxygen atoms in total. The molecule has 13 heteroatoms. The second-order valence-electron chi connectivity index (χ2n) is 6.25. The summed E-state index contributed by atoms with van der Waals surface area (Å²) in [6.07, 6.45) is -3.03. The van der Waals surface area contributed by atoms with Gasteiger partial charge in [0, 0.05) is 18.8 Å². The zero-order chi connectivity index (χ0) is 18.8.